The highest BCUT2D eigenvalue weighted by molar-refractivity contribution is 6.00. The number of nitrogens with one attached hydrogen (secondary N) is 17. The highest BCUT2D eigenvalue weighted by atomic mass is 16.7. The number of phenolic OH excluding ortho intramolecular Hbond substituents is 1. The number of carbonyl (C=O) groups is 13. The Labute approximate surface area is 650 Å². The normalized spacial score (nSPS) is 13.6. The lowest BCUT2D eigenvalue weighted by Crippen LogP contribution is -2.61. The van der Waals surface area contributed by atoms with Crippen LogP contribution in [0.4, 0.5) is 0 Å². The van der Waals surface area contributed by atoms with Gasteiger partial charge in [-0.2, -0.15) is 5.90 Å². The second kappa shape index (κ2) is 45.9. The number of benzene rings is 4. The van der Waals surface area contributed by atoms with E-state index in [0.29, 0.717) is 51.7 Å². The lowest BCUT2D eigenvalue weighted by atomic mass is 10.00. The first-order valence-electron chi connectivity index (χ1n) is 36.7. The Kier molecular flexibility index (Phi) is 36.1. The number of H-pyrrole nitrogens is 2. The summed E-state index contributed by atoms with van der Waals surface area (Å²) in [5.41, 5.74) is 20.4. The quantitative estimate of drug-likeness (QED) is 0.00800. The first-order valence-corrected chi connectivity index (χ1v) is 36.7. The van der Waals surface area contributed by atoms with E-state index in [0.717, 1.165) is 0 Å². The number of aromatic hydroxyl groups is 1. The van der Waals surface area contributed by atoms with Gasteiger partial charge in [-0.05, 0) is 84.9 Å². The van der Waals surface area contributed by atoms with E-state index in [1.807, 2.05) is 6.92 Å². The molecular weight excluding hydrogens is 1460 g/mol. The molecule has 0 bridgehead atoms. The number of phenols is 1. The van der Waals surface area contributed by atoms with Crippen molar-refractivity contribution < 1.29 is 77.4 Å². The van der Waals surface area contributed by atoms with Crippen LogP contribution in [-0.4, -0.2) is 201 Å². The molecule has 0 aliphatic heterocycles. The molecule has 0 saturated heterocycles. The van der Waals surface area contributed by atoms with Gasteiger partial charge in [-0.25, -0.2) is 9.78 Å². The second-order valence-electron chi connectivity index (χ2n) is 27.1. The van der Waals surface area contributed by atoms with Crippen molar-refractivity contribution in [1.82, 2.24) is 84.1 Å². The van der Waals surface area contributed by atoms with Crippen LogP contribution in [0.25, 0.3) is 10.9 Å². The Bertz CT molecular complexity index is 4210. The lowest BCUT2D eigenvalue weighted by Gasteiger charge is -2.28. The number of aliphatic carboxylic acids is 1. The number of unbranched alkanes of at least 4 members (excludes halogenated alkanes) is 1. The van der Waals surface area contributed by atoms with Gasteiger partial charge in [0.2, 0.25) is 65.0 Å². The summed E-state index contributed by atoms with van der Waals surface area (Å²) in [5, 5.41) is 69.6. The zero-order valence-electron chi connectivity index (χ0n) is 62.9. The first-order chi connectivity index (χ1) is 54.0. The predicted octanol–water partition coefficient (Wildman–Crippen LogP) is -2.70. The van der Waals surface area contributed by atoms with Crippen LogP contribution in [0.3, 0.4) is 0 Å². The van der Waals surface area contributed by atoms with Crippen molar-refractivity contribution in [2.45, 2.75) is 165 Å². The Balaban J connectivity index is 1.25. The molecule has 0 aliphatic rings. The third kappa shape index (κ3) is 30.8. The number of nitrogens with two attached hydrogens (primary N) is 4. The molecule has 113 heavy (non-hydrogen) atoms. The summed E-state index contributed by atoms with van der Waals surface area (Å²) in [6.45, 7) is 3.79. The van der Waals surface area contributed by atoms with Gasteiger partial charge in [-0.1, -0.05) is 125 Å². The molecule has 2 heterocycles. The predicted molar refractivity (Wildman–Crippen MR) is 413 cm³/mol. The number of amides is 11. The van der Waals surface area contributed by atoms with Crippen molar-refractivity contribution in [3.05, 3.63) is 156 Å². The topological polar surface area (TPSA) is 624 Å². The minimum Gasteiger partial charge on any atom is -0.508 e. The van der Waals surface area contributed by atoms with Crippen LogP contribution in [0.2, 0.25) is 0 Å². The highest BCUT2D eigenvalue weighted by Gasteiger charge is 2.37. The van der Waals surface area contributed by atoms with Gasteiger partial charge < -0.3 is 111 Å². The third-order valence-corrected chi connectivity index (χ3v) is 17.9. The van der Waals surface area contributed by atoms with E-state index >= 15 is 14.4 Å². The van der Waals surface area contributed by atoms with Gasteiger partial charge in [-0.15, -0.1) is 0 Å². The molecule has 0 fully saturated rings. The summed E-state index contributed by atoms with van der Waals surface area (Å²) in [4.78, 5) is 197. The largest absolute Gasteiger partial charge is 0.508 e. The number of imidazole rings is 1. The average molecular weight is 1570 g/mol. The number of carboxylic acids is 1. The van der Waals surface area contributed by atoms with E-state index in [4.69, 9.17) is 33.9 Å². The lowest BCUT2D eigenvalue weighted by molar-refractivity contribution is -0.144. The molecule has 0 saturated carbocycles. The van der Waals surface area contributed by atoms with E-state index in [1.165, 1.54) is 24.7 Å². The van der Waals surface area contributed by atoms with Crippen LogP contribution in [0, 0.1) is 16.7 Å². The van der Waals surface area contributed by atoms with Crippen molar-refractivity contribution in [1.29, 1.82) is 10.8 Å². The summed E-state index contributed by atoms with van der Waals surface area (Å²) in [5.74, 6) is -9.09. The molecule has 6 rings (SSSR count). The summed E-state index contributed by atoms with van der Waals surface area (Å²) in [6.07, 6.45) is 3.03. The molecule has 0 radical (unpaired) electrons. The van der Waals surface area contributed by atoms with E-state index in [9.17, 15) is 58.2 Å². The first kappa shape index (κ1) is 88.9. The molecule has 6 aromatic rings. The third-order valence-electron chi connectivity index (χ3n) is 17.9. The molecule has 27 N–H and O–H groups in total. The fraction of sp³-hybridized carbons (Fsp3) is 0.413. The number of hydrogen-bond acceptors (Lipinski definition) is 20. The molecule has 38 heteroatoms. The van der Waals surface area contributed by atoms with Gasteiger partial charge in [0.15, 0.2) is 11.9 Å². The van der Waals surface area contributed by atoms with Crippen LogP contribution in [-0.2, 0) is 99.3 Å². The SMILES string of the molecule is CCCC[C@H](NC(=O)[C@@H](NC(=O)[C@@H](N)Cc1ccc(O)cc1)C(C)C)C(=O)NCC(=O)N[C@@H](Cc1cnc[nH]1)C(=O)N[C@@H](Cc1ccccc1)C(=O)N[C@@H](CCCNC(=N)N)C(=O)N[C@@H](Cc1c[nH]c2ccccc12)C(=O)N[C@@H](CC(=O)O)C(=O)N[C@@H](CCCNC(=N)N)C(=O)N[C@@H](Cc1ccccc1)C(=O)NCC(=O)ON. The van der Waals surface area contributed by atoms with E-state index in [-0.39, 0.29) is 83.0 Å². The van der Waals surface area contributed by atoms with Crippen LogP contribution in [0.1, 0.15) is 100 Å². The van der Waals surface area contributed by atoms with Crippen molar-refractivity contribution in [2.24, 2.45) is 29.0 Å². The molecule has 11 amide bonds. The number of nitrogens with zero attached hydrogens (tertiary/aromatic N) is 1. The Hall–Kier alpha value is -13.0. The summed E-state index contributed by atoms with van der Waals surface area (Å²) in [7, 11) is 0. The number of hydrogen-bond donors (Lipinski definition) is 23. The monoisotopic (exact) mass is 1570 g/mol. The highest BCUT2D eigenvalue weighted by Crippen LogP contribution is 2.21. The van der Waals surface area contributed by atoms with E-state index in [2.05, 4.69) is 88.9 Å². The molecule has 0 unspecified atom stereocenters. The number of fused-ring (bicyclic) bond motifs is 1. The van der Waals surface area contributed by atoms with Crippen molar-refractivity contribution in [3.63, 3.8) is 0 Å². The van der Waals surface area contributed by atoms with Crippen molar-refractivity contribution in [2.75, 3.05) is 26.2 Å². The molecule has 0 spiro atoms. The Morgan fingerprint density at radius 1 is 0.487 bits per heavy atom. The smallest absolute Gasteiger partial charge is 0.343 e. The number of carboxylic acid groups (broad SMARTS) is 1. The molecule has 2 aromatic heterocycles. The number of rotatable bonds is 47. The Morgan fingerprint density at radius 3 is 1.46 bits per heavy atom. The summed E-state index contributed by atoms with van der Waals surface area (Å²) < 4.78 is 0. The number of aromatic amines is 2. The van der Waals surface area contributed by atoms with Crippen molar-refractivity contribution >= 4 is 99.7 Å². The van der Waals surface area contributed by atoms with Gasteiger partial charge in [-0.3, -0.25) is 68.4 Å². The summed E-state index contributed by atoms with van der Waals surface area (Å²) >= 11 is 0. The molecule has 608 valence electrons. The van der Waals surface area contributed by atoms with E-state index < -0.39 is 175 Å². The van der Waals surface area contributed by atoms with E-state index in [1.54, 1.807) is 117 Å². The minimum absolute atomic E-state index is 0.00914. The fourth-order valence-electron chi connectivity index (χ4n) is 11.9. The molecule has 0 aliphatic carbocycles. The maximum absolute atomic E-state index is 15.2. The average Bonchev–Trinajstić information content (AvgIpc) is 1.69. The maximum atomic E-state index is 15.2. The van der Waals surface area contributed by atoms with Crippen LogP contribution in [0.15, 0.2) is 128 Å². The minimum atomic E-state index is -2.00. The fourth-order valence-corrected chi connectivity index (χ4v) is 11.9. The summed E-state index contributed by atoms with van der Waals surface area (Å²) in [6, 6.07) is 15.0. The number of carbonyl (C=O) groups excluding carboxylic acids is 12. The molecule has 38 nitrogen and oxygen atoms in total. The number of para-hydroxylation sites is 1. The van der Waals surface area contributed by atoms with Gasteiger partial charge in [0, 0.05) is 67.8 Å². The van der Waals surface area contributed by atoms with Crippen LogP contribution in [0.5, 0.6) is 5.75 Å². The molecule has 10 atom stereocenters. The van der Waals surface area contributed by atoms with Crippen LogP contribution < -0.4 is 92.2 Å². The standard InChI is InChI=1S/C75H102N22O16/c1-4-5-21-52(92-73(112)63(42(2)3)97-64(103)50(76)31-45-25-27-48(98)28-26-45)65(104)86-39-60(99)89-58(35-47-38-82-41-88-47)71(110)94-56(33-44-18-10-7-11-19-44)69(108)90-54(24-15-30-84-75(79)80)68(107)95-57(34-46-37-85-51-22-13-12-20-49(46)51)70(109)96-59(36-61(100)101)72(111)91-53(23-14-29-83-74(77)78)67(106)93-55(32-43-16-8-6-9-17-43)66(105)87-40-62(102)113-81/h6-13,16-20,22,25-28,37-38,41-42,50,52-59,63,85,98H,4-5,14-15,21,23-24,29-36,39-40,76,81H2,1-3H3,(H,82,88)(H,86,104)(H,87,105)(H,89,99)(H,90,108)(H,91,111)(H,92,112)(H,93,106)(H,94,110)(H,95,107)(H,96,109)(H,97,103)(H,100,101)(H4,77,78,83)(H4,79,80,84)/t50-,52-,53-,54-,55-,56-,57-,58-,59-,63-/m0/s1. The van der Waals surface area contributed by atoms with Crippen LogP contribution >= 0.6 is 0 Å². The number of guanidine groups is 2. The Morgan fingerprint density at radius 2 is 0.938 bits per heavy atom. The van der Waals surface area contributed by atoms with Gasteiger partial charge >= 0.3 is 11.9 Å². The maximum Gasteiger partial charge on any atom is 0.343 e. The molecular formula is C75H102N22O16. The zero-order valence-corrected chi connectivity index (χ0v) is 62.9. The van der Waals surface area contributed by atoms with Crippen molar-refractivity contribution in [3.8, 4) is 5.75 Å². The molecule has 4 aromatic carbocycles. The van der Waals surface area contributed by atoms with Gasteiger partial charge in [0.1, 0.15) is 66.7 Å². The number of aromatic nitrogens is 3. The van der Waals surface area contributed by atoms with Gasteiger partial charge in [0.25, 0.3) is 0 Å². The second-order valence-corrected chi connectivity index (χ2v) is 27.1. The zero-order chi connectivity index (χ0) is 82.5. The van der Waals surface area contributed by atoms with Gasteiger partial charge in [0.05, 0.1) is 25.3 Å².